The van der Waals surface area contributed by atoms with Crippen LogP contribution in [0.4, 0.5) is 0 Å². The van der Waals surface area contributed by atoms with Crippen molar-refractivity contribution in [2.24, 2.45) is 0 Å². The molecule has 0 aliphatic carbocycles. The van der Waals surface area contributed by atoms with Crippen LogP contribution in [0.1, 0.15) is 23.4 Å². The van der Waals surface area contributed by atoms with Gasteiger partial charge in [0.2, 0.25) is 0 Å². The molecule has 0 aliphatic rings. The van der Waals surface area contributed by atoms with Crippen LogP contribution in [0, 0.1) is 6.92 Å². The molecule has 0 saturated carbocycles. The van der Waals surface area contributed by atoms with Gasteiger partial charge in [-0.1, -0.05) is 6.92 Å². The first-order valence-corrected chi connectivity index (χ1v) is 5.95. The number of thiophene rings is 1. The van der Waals surface area contributed by atoms with Gasteiger partial charge >= 0.3 is 0 Å². The maximum atomic E-state index is 3.52. The second-order valence-corrected chi connectivity index (χ2v) is 4.92. The predicted octanol–water partition coefficient (Wildman–Crippen LogP) is 2.27. The monoisotopic (exact) mass is 212 g/mol. The highest BCUT2D eigenvalue weighted by Crippen LogP contribution is 2.22. The molecule has 1 aromatic heterocycles. The first-order valence-electron chi connectivity index (χ1n) is 5.07. The Hall–Kier alpha value is -0.380. The first-order chi connectivity index (χ1) is 6.65. The number of rotatable bonds is 5. The fourth-order valence-electron chi connectivity index (χ4n) is 1.64. The third-order valence-corrected chi connectivity index (χ3v) is 3.13. The molecular formula is C11H20N2S. The van der Waals surface area contributed by atoms with Crippen molar-refractivity contribution in [3.8, 4) is 0 Å². The summed E-state index contributed by atoms with van der Waals surface area (Å²) in [5.74, 6) is 0. The Balaban J connectivity index is 2.72. The van der Waals surface area contributed by atoms with Crippen LogP contribution in [0.2, 0.25) is 0 Å². The molecule has 1 unspecified atom stereocenters. The molecule has 0 saturated heterocycles. The van der Waals surface area contributed by atoms with E-state index in [0.29, 0.717) is 6.04 Å². The fraction of sp³-hybridized carbons (Fsp3) is 0.636. The highest BCUT2D eigenvalue weighted by atomic mass is 32.1. The van der Waals surface area contributed by atoms with Gasteiger partial charge in [0.05, 0.1) is 0 Å². The van der Waals surface area contributed by atoms with E-state index in [1.165, 1.54) is 10.4 Å². The van der Waals surface area contributed by atoms with Crippen LogP contribution in [0.25, 0.3) is 0 Å². The number of hydrogen-bond donors (Lipinski definition) is 1. The molecule has 1 atom stereocenters. The SMILES string of the molecule is CCNC(CN(C)C)c1ccsc1C. The minimum atomic E-state index is 0.473. The summed E-state index contributed by atoms with van der Waals surface area (Å²) in [7, 11) is 4.23. The van der Waals surface area contributed by atoms with Gasteiger partial charge in [-0.3, -0.25) is 0 Å². The zero-order valence-electron chi connectivity index (χ0n) is 9.50. The molecule has 0 spiro atoms. The molecule has 0 bridgehead atoms. The molecule has 14 heavy (non-hydrogen) atoms. The largest absolute Gasteiger partial charge is 0.309 e. The van der Waals surface area contributed by atoms with Crippen LogP contribution in [0.3, 0.4) is 0 Å². The summed E-state index contributed by atoms with van der Waals surface area (Å²) in [5, 5.41) is 5.69. The summed E-state index contributed by atoms with van der Waals surface area (Å²) in [5.41, 5.74) is 1.45. The van der Waals surface area contributed by atoms with Crippen LogP contribution in [-0.2, 0) is 0 Å². The molecule has 1 heterocycles. The molecule has 0 aliphatic heterocycles. The van der Waals surface area contributed by atoms with Gasteiger partial charge in [-0.15, -0.1) is 11.3 Å². The summed E-state index contributed by atoms with van der Waals surface area (Å²) in [4.78, 5) is 3.66. The maximum Gasteiger partial charge on any atom is 0.0459 e. The predicted molar refractivity (Wildman–Crippen MR) is 64.0 cm³/mol. The topological polar surface area (TPSA) is 15.3 Å². The van der Waals surface area contributed by atoms with E-state index in [-0.39, 0.29) is 0 Å². The zero-order valence-corrected chi connectivity index (χ0v) is 10.3. The van der Waals surface area contributed by atoms with E-state index < -0.39 is 0 Å². The Bertz CT molecular complexity index is 268. The van der Waals surface area contributed by atoms with Gasteiger partial charge in [-0.25, -0.2) is 0 Å². The van der Waals surface area contributed by atoms with Crippen LogP contribution >= 0.6 is 11.3 Å². The van der Waals surface area contributed by atoms with E-state index in [0.717, 1.165) is 13.1 Å². The molecule has 1 N–H and O–H groups in total. The van der Waals surface area contributed by atoms with E-state index in [9.17, 15) is 0 Å². The van der Waals surface area contributed by atoms with Crippen LogP contribution in [0.15, 0.2) is 11.4 Å². The van der Waals surface area contributed by atoms with E-state index >= 15 is 0 Å². The Morgan fingerprint density at radius 1 is 1.50 bits per heavy atom. The molecule has 1 rings (SSSR count). The van der Waals surface area contributed by atoms with Crippen LogP contribution in [-0.4, -0.2) is 32.1 Å². The van der Waals surface area contributed by atoms with Crippen molar-refractivity contribution in [2.75, 3.05) is 27.2 Å². The van der Waals surface area contributed by atoms with E-state index in [4.69, 9.17) is 0 Å². The van der Waals surface area contributed by atoms with Gasteiger partial charge in [0, 0.05) is 17.5 Å². The lowest BCUT2D eigenvalue weighted by Gasteiger charge is -2.22. The van der Waals surface area contributed by atoms with Crippen molar-refractivity contribution >= 4 is 11.3 Å². The van der Waals surface area contributed by atoms with E-state index in [2.05, 4.69) is 49.6 Å². The smallest absolute Gasteiger partial charge is 0.0459 e. The molecule has 0 radical (unpaired) electrons. The van der Waals surface area contributed by atoms with Gasteiger partial charge in [-0.05, 0) is 44.6 Å². The molecule has 2 nitrogen and oxygen atoms in total. The molecule has 0 aromatic carbocycles. The average Bonchev–Trinajstić information content (AvgIpc) is 2.50. The maximum absolute atomic E-state index is 3.52. The van der Waals surface area contributed by atoms with Crippen molar-refractivity contribution < 1.29 is 0 Å². The summed E-state index contributed by atoms with van der Waals surface area (Å²) in [6, 6.07) is 2.71. The van der Waals surface area contributed by atoms with Gasteiger partial charge in [0.1, 0.15) is 0 Å². The molecular weight excluding hydrogens is 192 g/mol. The first kappa shape index (κ1) is 11.7. The highest BCUT2D eigenvalue weighted by Gasteiger charge is 2.13. The minimum absolute atomic E-state index is 0.473. The summed E-state index contributed by atoms with van der Waals surface area (Å²) >= 11 is 1.83. The number of nitrogens with one attached hydrogen (secondary N) is 1. The molecule has 1 aromatic rings. The molecule has 80 valence electrons. The highest BCUT2D eigenvalue weighted by molar-refractivity contribution is 7.10. The summed E-state index contributed by atoms with van der Waals surface area (Å²) in [6.45, 7) is 6.43. The van der Waals surface area contributed by atoms with Crippen LogP contribution in [0.5, 0.6) is 0 Å². The zero-order chi connectivity index (χ0) is 10.6. The third-order valence-electron chi connectivity index (χ3n) is 2.27. The summed E-state index contributed by atoms with van der Waals surface area (Å²) < 4.78 is 0. The molecule has 0 fully saturated rings. The Morgan fingerprint density at radius 2 is 2.21 bits per heavy atom. The van der Waals surface area contributed by atoms with Gasteiger partial charge in [-0.2, -0.15) is 0 Å². The normalized spacial score (nSPS) is 13.5. The van der Waals surface area contributed by atoms with E-state index in [1.807, 2.05) is 11.3 Å². The molecule has 0 amide bonds. The van der Waals surface area contributed by atoms with Gasteiger partial charge in [0.25, 0.3) is 0 Å². The van der Waals surface area contributed by atoms with Crippen LogP contribution < -0.4 is 5.32 Å². The third kappa shape index (κ3) is 3.08. The standard InChI is InChI=1S/C11H20N2S/c1-5-12-11(8-13(3)4)10-6-7-14-9(10)2/h6-7,11-12H,5,8H2,1-4H3. The number of likely N-dealkylation sites (N-methyl/N-ethyl adjacent to an activating group) is 2. The van der Waals surface area contributed by atoms with Crippen molar-refractivity contribution in [1.29, 1.82) is 0 Å². The quantitative estimate of drug-likeness (QED) is 0.805. The number of aryl methyl sites for hydroxylation is 1. The number of nitrogens with zero attached hydrogens (tertiary/aromatic N) is 1. The lowest BCUT2D eigenvalue weighted by atomic mass is 10.1. The average molecular weight is 212 g/mol. The van der Waals surface area contributed by atoms with Gasteiger partial charge in [0.15, 0.2) is 0 Å². The van der Waals surface area contributed by atoms with Gasteiger partial charge < -0.3 is 10.2 Å². The molecule has 3 heteroatoms. The van der Waals surface area contributed by atoms with Crippen molar-refractivity contribution in [3.63, 3.8) is 0 Å². The lowest BCUT2D eigenvalue weighted by molar-refractivity contribution is 0.345. The van der Waals surface area contributed by atoms with Crippen molar-refractivity contribution in [3.05, 3.63) is 21.9 Å². The van der Waals surface area contributed by atoms with Crippen molar-refractivity contribution in [2.45, 2.75) is 19.9 Å². The Kier molecular flexibility index (Phi) is 4.58. The lowest BCUT2D eigenvalue weighted by Crippen LogP contribution is -2.31. The Labute approximate surface area is 90.9 Å². The number of hydrogen-bond acceptors (Lipinski definition) is 3. The van der Waals surface area contributed by atoms with E-state index in [1.54, 1.807) is 0 Å². The second kappa shape index (κ2) is 5.49. The fourth-order valence-corrected chi connectivity index (χ4v) is 2.41. The Morgan fingerprint density at radius 3 is 2.64 bits per heavy atom. The minimum Gasteiger partial charge on any atom is -0.309 e. The van der Waals surface area contributed by atoms with Crippen molar-refractivity contribution in [1.82, 2.24) is 10.2 Å². The second-order valence-electron chi connectivity index (χ2n) is 3.80. The summed E-state index contributed by atoms with van der Waals surface area (Å²) in [6.07, 6.45) is 0.